The minimum atomic E-state index is -1.04. The molecule has 2 aliphatic rings. The zero-order valence-corrected chi connectivity index (χ0v) is 41.2. The molecule has 6 amide bonds. The molecule has 0 saturated carbocycles. The summed E-state index contributed by atoms with van der Waals surface area (Å²) in [7, 11) is 0. The number of amides is 6. The van der Waals surface area contributed by atoms with Crippen molar-refractivity contribution >= 4 is 35.4 Å². The number of piperidine rings is 1. The second-order valence-corrected chi connectivity index (χ2v) is 19.3. The number of nitrogens with two attached hydrogens (primary N) is 3. The van der Waals surface area contributed by atoms with Gasteiger partial charge in [0.2, 0.25) is 35.4 Å². The summed E-state index contributed by atoms with van der Waals surface area (Å²) in [5, 5.41) is 21.4. The van der Waals surface area contributed by atoms with Crippen molar-refractivity contribution in [3.05, 3.63) is 136 Å². The molecule has 2 heterocycles. The van der Waals surface area contributed by atoms with E-state index in [2.05, 4.69) is 50.4 Å². The Hall–Kier alpha value is -6.62. The number of aryl methyl sites for hydroxylation is 2. The summed E-state index contributed by atoms with van der Waals surface area (Å²) in [5.74, 6) is -2.49. The molecular formula is C55H73N9O7. The molecule has 71 heavy (non-hydrogen) atoms. The van der Waals surface area contributed by atoms with Crippen LogP contribution in [0.4, 0.5) is 0 Å². The first-order valence-electron chi connectivity index (χ1n) is 25.1. The SMILES string of the molecule is Cc1cc(O)cc(C)c1C[C@H](N)C(=O)N[C@H](CCCN)C(=O)N[C@H]1Cc2ccccc2CN(CCC(=O)N[C@@H](CCCN2CCC(Cc3ccccc3)CC2)C(=O)N[C@@H](Cc2ccccc2)C(N)=O)C1=O. The van der Waals surface area contributed by atoms with Crippen molar-refractivity contribution in [2.45, 2.75) is 121 Å². The number of benzene rings is 4. The van der Waals surface area contributed by atoms with Gasteiger partial charge in [-0.15, -0.1) is 0 Å². The van der Waals surface area contributed by atoms with Gasteiger partial charge in [0.05, 0.1) is 6.04 Å². The fraction of sp³-hybridized carbons (Fsp3) is 0.455. The third-order valence-corrected chi connectivity index (χ3v) is 13.8. The van der Waals surface area contributed by atoms with Gasteiger partial charge in [-0.05, 0) is 148 Å². The quantitative estimate of drug-likeness (QED) is 0.0510. The summed E-state index contributed by atoms with van der Waals surface area (Å²) in [6.45, 7) is 6.69. The normalized spacial score (nSPS) is 16.9. The molecule has 0 bridgehead atoms. The number of aromatic hydroxyl groups is 1. The molecule has 0 radical (unpaired) electrons. The lowest BCUT2D eigenvalue weighted by Crippen LogP contribution is -2.56. The van der Waals surface area contributed by atoms with E-state index in [1.165, 1.54) is 10.5 Å². The molecule has 0 aliphatic carbocycles. The highest BCUT2D eigenvalue weighted by atomic mass is 16.3. The van der Waals surface area contributed by atoms with Crippen molar-refractivity contribution in [3.63, 3.8) is 0 Å². The number of fused-ring (bicyclic) bond motifs is 1. The standard InChI is InChI=1S/C55H73N9O7/c1-36-29-43(65)30-37(2)44(36)34-45(57)52(68)60-47(19-11-24-56)54(70)62-49-33-41-17-9-10-18-42(41)35-64(55(49)71)28-23-50(66)59-46(53(69)61-48(51(58)67)32-39-15-7-4-8-16-39)20-12-25-63-26-21-40(22-27-63)31-38-13-5-3-6-14-38/h3-10,13-18,29-30,40,45-49,65H,11-12,19-28,31-35,56-57H2,1-2H3,(H2,58,67)(H,59,66)(H,60,68)(H,61,69)(H,62,70)/t45-,46-,47+,48-,49-/m0/s1. The lowest BCUT2D eigenvalue weighted by Gasteiger charge is -2.32. The Labute approximate surface area is 417 Å². The van der Waals surface area contributed by atoms with Crippen LogP contribution in [0.15, 0.2) is 97.1 Å². The molecule has 6 rings (SSSR count). The summed E-state index contributed by atoms with van der Waals surface area (Å²) in [6.07, 6.45) is 5.12. The number of nitrogens with zero attached hydrogens (tertiary/aromatic N) is 2. The fourth-order valence-corrected chi connectivity index (χ4v) is 9.77. The summed E-state index contributed by atoms with van der Waals surface area (Å²) in [5.41, 5.74) is 24.2. The summed E-state index contributed by atoms with van der Waals surface area (Å²) in [4.78, 5) is 86.4. The first-order valence-corrected chi connectivity index (χ1v) is 25.1. The van der Waals surface area contributed by atoms with Crippen LogP contribution in [-0.2, 0) is 61.0 Å². The summed E-state index contributed by atoms with van der Waals surface area (Å²) in [6, 6.07) is 25.4. The van der Waals surface area contributed by atoms with Gasteiger partial charge in [0, 0.05) is 32.4 Å². The number of carbonyl (C=O) groups excluding carboxylic acids is 6. The first-order chi connectivity index (χ1) is 34.2. The number of rotatable bonds is 24. The third-order valence-electron chi connectivity index (χ3n) is 13.8. The third kappa shape index (κ3) is 16.2. The molecule has 380 valence electrons. The first kappa shape index (κ1) is 53.7. The number of carbonyl (C=O) groups is 6. The average Bonchev–Trinajstić information content (AvgIpc) is 3.48. The predicted octanol–water partition coefficient (Wildman–Crippen LogP) is 2.99. The van der Waals surface area contributed by atoms with Crippen LogP contribution in [-0.4, -0.2) is 113 Å². The van der Waals surface area contributed by atoms with Crippen LogP contribution in [0.1, 0.15) is 83.9 Å². The molecule has 4 aromatic rings. The molecule has 16 nitrogen and oxygen atoms in total. The topological polar surface area (TPSA) is 255 Å². The van der Waals surface area contributed by atoms with E-state index in [-0.39, 0.29) is 57.5 Å². The largest absolute Gasteiger partial charge is 0.508 e. The van der Waals surface area contributed by atoms with Gasteiger partial charge < -0.3 is 53.4 Å². The maximum Gasteiger partial charge on any atom is 0.245 e. The van der Waals surface area contributed by atoms with Crippen molar-refractivity contribution in [2.75, 3.05) is 32.7 Å². The highest BCUT2D eigenvalue weighted by Gasteiger charge is 2.34. The molecular weight excluding hydrogens is 899 g/mol. The Bertz CT molecular complexity index is 2410. The minimum absolute atomic E-state index is 0.0200. The number of likely N-dealkylation sites (tertiary alicyclic amines) is 1. The molecule has 1 saturated heterocycles. The second kappa shape index (κ2) is 26.6. The Morgan fingerprint density at radius 3 is 1.96 bits per heavy atom. The highest BCUT2D eigenvalue weighted by molar-refractivity contribution is 5.94. The number of hydrogen-bond donors (Lipinski definition) is 8. The Kier molecular flexibility index (Phi) is 20.1. The smallest absolute Gasteiger partial charge is 0.245 e. The van der Waals surface area contributed by atoms with Gasteiger partial charge in [-0.3, -0.25) is 28.8 Å². The Morgan fingerprint density at radius 1 is 0.718 bits per heavy atom. The van der Waals surface area contributed by atoms with Crippen molar-refractivity contribution in [1.82, 2.24) is 31.1 Å². The second-order valence-electron chi connectivity index (χ2n) is 19.3. The van der Waals surface area contributed by atoms with Crippen molar-refractivity contribution < 1.29 is 33.9 Å². The van der Waals surface area contributed by atoms with Crippen LogP contribution in [0.25, 0.3) is 0 Å². The summed E-state index contributed by atoms with van der Waals surface area (Å²) >= 11 is 0. The molecule has 1 fully saturated rings. The highest BCUT2D eigenvalue weighted by Crippen LogP contribution is 2.24. The molecule has 0 spiro atoms. The maximum absolute atomic E-state index is 14.4. The van der Waals surface area contributed by atoms with E-state index >= 15 is 0 Å². The van der Waals surface area contributed by atoms with Crippen LogP contribution >= 0.6 is 0 Å². The number of hydrogen-bond acceptors (Lipinski definition) is 10. The van der Waals surface area contributed by atoms with Crippen LogP contribution in [0, 0.1) is 19.8 Å². The zero-order chi connectivity index (χ0) is 50.9. The number of primary amides is 1. The zero-order valence-electron chi connectivity index (χ0n) is 41.2. The van der Waals surface area contributed by atoms with E-state index in [0.29, 0.717) is 25.2 Å². The molecule has 5 atom stereocenters. The number of phenols is 1. The predicted molar refractivity (Wildman–Crippen MR) is 273 cm³/mol. The molecule has 0 unspecified atom stereocenters. The van der Waals surface area contributed by atoms with Crippen LogP contribution in [0.3, 0.4) is 0 Å². The van der Waals surface area contributed by atoms with E-state index in [9.17, 15) is 33.9 Å². The molecule has 16 heteroatoms. The van der Waals surface area contributed by atoms with Crippen molar-refractivity contribution in [2.24, 2.45) is 23.1 Å². The van der Waals surface area contributed by atoms with Gasteiger partial charge in [0.25, 0.3) is 0 Å². The minimum Gasteiger partial charge on any atom is -0.508 e. The van der Waals surface area contributed by atoms with Gasteiger partial charge in [0.1, 0.15) is 29.9 Å². The van der Waals surface area contributed by atoms with Crippen molar-refractivity contribution in [1.29, 1.82) is 0 Å². The maximum atomic E-state index is 14.4. The van der Waals surface area contributed by atoms with Crippen LogP contribution < -0.4 is 38.5 Å². The fourth-order valence-electron chi connectivity index (χ4n) is 9.77. The Morgan fingerprint density at radius 2 is 1.31 bits per heavy atom. The Balaban J connectivity index is 1.10. The van der Waals surface area contributed by atoms with E-state index in [1.807, 2.05) is 74.5 Å². The molecule has 11 N–H and O–H groups in total. The van der Waals surface area contributed by atoms with E-state index in [4.69, 9.17) is 17.2 Å². The van der Waals surface area contributed by atoms with Crippen LogP contribution in [0.5, 0.6) is 5.75 Å². The summed E-state index contributed by atoms with van der Waals surface area (Å²) < 4.78 is 0. The number of phenolic OH excluding ortho intramolecular Hbond substituents is 1. The van der Waals surface area contributed by atoms with E-state index in [1.54, 1.807) is 12.1 Å². The molecule has 2 aliphatic heterocycles. The monoisotopic (exact) mass is 972 g/mol. The van der Waals surface area contributed by atoms with Crippen molar-refractivity contribution in [3.8, 4) is 5.75 Å². The lowest BCUT2D eigenvalue weighted by molar-refractivity contribution is -0.138. The van der Waals surface area contributed by atoms with E-state index in [0.717, 1.165) is 72.3 Å². The van der Waals surface area contributed by atoms with Gasteiger partial charge >= 0.3 is 0 Å². The van der Waals surface area contributed by atoms with E-state index < -0.39 is 65.7 Å². The molecule has 0 aromatic heterocycles. The van der Waals surface area contributed by atoms with Crippen LogP contribution in [0.2, 0.25) is 0 Å². The van der Waals surface area contributed by atoms with Gasteiger partial charge in [-0.1, -0.05) is 84.9 Å². The van der Waals surface area contributed by atoms with Gasteiger partial charge in [-0.25, -0.2) is 0 Å². The average molecular weight is 972 g/mol. The molecule has 4 aromatic carbocycles. The lowest BCUT2D eigenvalue weighted by atomic mass is 9.90. The van der Waals surface area contributed by atoms with Gasteiger partial charge in [0.15, 0.2) is 0 Å². The number of nitrogens with one attached hydrogen (secondary N) is 4. The van der Waals surface area contributed by atoms with Gasteiger partial charge in [-0.2, -0.15) is 0 Å².